The van der Waals surface area contributed by atoms with Crippen LogP contribution in [0, 0.1) is 6.92 Å². The SMILES string of the molecule is Cc1cc(CCN)ccc1N(C)CCc1ccccn1. The fourth-order valence-electron chi connectivity index (χ4n) is 2.42. The van der Waals surface area contributed by atoms with Crippen LogP contribution in [0.1, 0.15) is 16.8 Å². The van der Waals surface area contributed by atoms with Gasteiger partial charge in [-0.25, -0.2) is 0 Å². The second-order valence-electron chi connectivity index (χ2n) is 5.15. The van der Waals surface area contributed by atoms with Gasteiger partial charge in [-0.05, 0) is 49.2 Å². The Bertz CT molecular complexity index is 537. The molecular formula is C17H23N3. The Hall–Kier alpha value is -1.87. The number of likely N-dealkylation sites (N-methyl/N-ethyl adjacent to an activating group) is 1. The molecule has 0 bridgehead atoms. The van der Waals surface area contributed by atoms with Gasteiger partial charge in [-0.2, -0.15) is 0 Å². The molecule has 0 saturated heterocycles. The number of nitrogens with zero attached hydrogens (tertiary/aromatic N) is 2. The summed E-state index contributed by atoms with van der Waals surface area (Å²) < 4.78 is 0. The number of hydrogen-bond donors (Lipinski definition) is 1. The van der Waals surface area contributed by atoms with E-state index in [2.05, 4.69) is 48.1 Å². The van der Waals surface area contributed by atoms with Gasteiger partial charge in [-0.3, -0.25) is 4.98 Å². The lowest BCUT2D eigenvalue weighted by molar-refractivity contribution is 0.848. The van der Waals surface area contributed by atoms with Crippen molar-refractivity contribution in [1.29, 1.82) is 0 Å². The number of pyridine rings is 1. The van der Waals surface area contributed by atoms with Gasteiger partial charge in [0.1, 0.15) is 0 Å². The third-order valence-electron chi connectivity index (χ3n) is 3.53. The van der Waals surface area contributed by atoms with Gasteiger partial charge in [0.25, 0.3) is 0 Å². The molecule has 0 amide bonds. The van der Waals surface area contributed by atoms with Crippen LogP contribution in [0.25, 0.3) is 0 Å². The normalized spacial score (nSPS) is 10.6. The zero-order valence-electron chi connectivity index (χ0n) is 12.3. The van der Waals surface area contributed by atoms with E-state index in [1.54, 1.807) is 0 Å². The Morgan fingerprint density at radius 1 is 1.15 bits per heavy atom. The van der Waals surface area contributed by atoms with E-state index in [1.807, 2.05) is 18.3 Å². The standard InChI is InChI=1S/C17H23N3/c1-14-13-15(8-10-18)6-7-17(14)20(2)12-9-16-5-3-4-11-19-16/h3-7,11,13H,8-10,12,18H2,1-2H3. The molecule has 0 unspecified atom stereocenters. The topological polar surface area (TPSA) is 42.1 Å². The summed E-state index contributed by atoms with van der Waals surface area (Å²) >= 11 is 0. The van der Waals surface area contributed by atoms with E-state index in [9.17, 15) is 0 Å². The number of hydrogen-bond acceptors (Lipinski definition) is 3. The third kappa shape index (κ3) is 3.81. The fraction of sp³-hybridized carbons (Fsp3) is 0.353. The summed E-state index contributed by atoms with van der Waals surface area (Å²) in [6.45, 7) is 3.83. The second-order valence-corrected chi connectivity index (χ2v) is 5.15. The van der Waals surface area contributed by atoms with Crippen LogP contribution >= 0.6 is 0 Å². The minimum absolute atomic E-state index is 0.703. The molecule has 2 N–H and O–H groups in total. The van der Waals surface area contributed by atoms with Gasteiger partial charge in [0.2, 0.25) is 0 Å². The average molecular weight is 269 g/mol. The van der Waals surface area contributed by atoms with Crippen LogP contribution in [0.5, 0.6) is 0 Å². The zero-order valence-corrected chi connectivity index (χ0v) is 12.3. The summed E-state index contributed by atoms with van der Waals surface area (Å²) in [5, 5.41) is 0. The van der Waals surface area contributed by atoms with Crippen molar-refractivity contribution in [3.63, 3.8) is 0 Å². The van der Waals surface area contributed by atoms with E-state index >= 15 is 0 Å². The quantitative estimate of drug-likeness (QED) is 0.876. The van der Waals surface area contributed by atoms with Gasteiger partial charge in [-0.1, -0.05) is 18.2 Å². The molecule has 20 heavy (non-hydrogen) atoms. The van der Waals surface area contributed by atoms with Gasteiger partial charge >= 0.3 is 0 Å². The maximum absolute atomic E-state index is 5.60. The predicted octanol–water partition coefficient (Wildman–Crippen LogP) is 2.57. The van der Waals surface area contributed by atoms with Crippen molar-refractivity contribution in [3.05, 3.63) is 59.4 Å². The van der Waals surface area contributed by atoms with Gasteiger partial charge in [0.15, 0.2) is 0 Å². The van der Waals surface area contributed by atoms with Crippen molar-refractivity contribution in [2.24, 2.45) is 5.73 Å². The van der Waals surface area contributed by atoms with E-state index < -0.39 is 0 Å². The zero-order chi connectivity index (χ0) is 14.4. The lowest BCUT2D eigenvalue weighted by Crippen LogP contribution is -2.21. The highest BCUT2D eigenvalue weighted by Crippen LogP contribution is 2.20. The minimum Gasteiger partial charge on any atom is -0.374 e. The first-order valence-corrected chi connectivity index (χ1v) is 7.11. The van der Waals surface area contributed by atoms with Crippen molar-refractivity contribution < 1.29 is 0 Å². The van der Waals surface area contributed by atoms with Gasteiger partial charge in [0.05, 0.1) is 0 Å². The molecule has 0 aliphatic heterocycles. The summed E-state index contributed by atoms with van der Waals surface area (Å²) in [6.07, 6.45) is 3.75. The minimum atomic E-state index is 0.703. The number of aryl methyl sites for hydroxylation is 1. The van der Waals surface area contributed by atoms with Gasteiger partial charge in [0, 0.05) is 37.6 Å². The summed E-state index contributed by atoms with van der Waals surface area (Å²) in [5.74, 6) is 0. The first-order chi connectivity index (χ1) is 9.70. The predicted molar refractivity (Wildman–Crippen MR) is 85.1 cm³/mol. The Labute approximate surface area is 121 Å². The molecule has 1 heterocycles. The Morgan fingerprint density at radius 2 is 2.00 bits per heavy atom. The summed E-state index contributed by atoms with van der Waals surface area (Å²) in [6, 6.07) is 12.7. The molecule has 0 fully saturated rings. The Balaban J connectivity index is 2.00. The third-order valence-corrected chi connectivity index (χ3v) is 3.53. The molecule has 0 atom stereocenters. The smallest absolute Gasteiger partial charge is 0.0421 e. The van der Waals surface area contributed by atoms with Crippen LogP contribution in [0.15, 0.2) is 42.6 Å². The number of rotatable bonds is 6. The monoisotopic (exact) mass is 269 g/mol. The molecule has 0 saturated carbocycles. The maximum Gasteiger partial charge on any atom is 0.0421 e. The highest BCUT2D eigenvalue weighted by atomic mass is 15.1. The second kappa shape index (κ2) is 7.06. The van der Waals surface area contributed by atoms with E-state index in [1.165, 1.54) is 16.8 Å². The molecule has 3 heteroatoms. The number of benzene rings is 1. The Kier molecular flexibility index (Phi) is 5.13. The highest BCUT2D eigenvalue weighted by molar-refractivity contribution is 5.54. The molecule has 106 valence electrons. The van der Waals surface area contributed by atoms with E-state index in [4.69, 9.17) is 5.73 Å². The fourth-order valence-corrected chi connectivity index (χ4v) is 2.42. The van der Waals surface area contributed by atoms with Crippen molar-refractivity contribution in [2.75, 3.05) is 25.0 Å². The van der Waals surface area contributed by atoms with Crippen LogP contribution in [-0.4, -0.2) is 25.1 Å². The van der Waals surface area contributed by atoms with Crippen LogP contribution < -0.4 is 10.6 Å². The van der Waals surface area contributed by atoms with E-state index in [-0.39, 0.29) is 0 Å². The van der Waals surface area contributed by atoms with Crippen molar-refractivity contribution in [3.8, 4) is 0 Å². The van der Waals surface area contributed by atoms with Crippen molar-refractivity contribution in [2.45, 2.75) is 19.8 Å². The van der Waals surface area contributed by atoms with E-state index in [0.29, 0.717) is 6.54 Å². The van der Waals surface area contributed by atoms with Crippen molar-refractivity contribution >= 4 is 5.69 Å². The molecular weight excluding hydrogens is 246 g/mol. The number of nitrogens with two attached hydrogens (primary N) is 1. The largest absolute Gasteiger partial charge is 0.374 e. The molecule has 0 spiro atoms. The highest BCUT2D eigenvalue weighted by Gasteiger charge is 2.06. The van der Waals surface area contributed by atoms with Crippen LogP contribution in [0.4, 0.5) is 5.69 Å². The maximum atomic E-state index is 5.60. The number of anilines is 1. The number of aromatic nitrogens is 1. The average Bonchev–Trinajstić information content (AvgIpc) is 2.46. The summed E-state index contributed by atoms with van der Waals surface area (Å²) in [5.41, 5.74) is 10.6. The lowest BCUT2D eigenvalue weighted by Gasteiger charge is -2.22. The molecule has 0 radical (unpaired) electrons. The molecule has 1 aromatic carbocycles. The van der Waals surface area contributed by atoms with Gasteiger partial charge in [-0.15, -0.1) is 0 Å². The van der Waals surface area contributed by atoms with E-state index in [0.717, 1.165) is 25.1 Å². The van der Waals surface area contributed by atoms with Crippen LogP contribution in [0.3, 0.4) is 0 Å². The van der Waals surface area contributed by atoms with Gasteiger partial charge < -0.3 is 10.6 Å². The van der Waals surface area contributed by atoms with Crippen molar-refractivity contribution in [1.82, 2.24) is 4.98 Å². The molecule has 3 nitrogen and oxygen atoms in total. The summed E-state index contributed by atoms with van der Waals surface area (Å²) in [7, 11) is 2.13. The lowest BCUT2D eigenvalue weighted by atomic mass is 10.1. The van der Waals surface area contributed by atoms with Crippen LogP contribution in [0.2, 0.25) is 0 Å². The molecule has 0 aliphatic carbocycles. The molecule has 2 aromatic rings. The Morgan fingerprint density at radius 3 is 2.65 bits per heavy atom. The molecule has 2 rings (SSSR count). The molecule has 1 aromatic heterocycles. The van der Waals surface area contributed by atoms with Crippen LogP contribution in [-0.2, 0) is 12.8 Å². The first-order valence-electron chi connectivity index (χ1n) is 7.11. The first kappa shape index (κ1) is 14.5. The molecule has 0 aliphatic rings. The summed E-state index contributed by atoms with van der Waals surface area (Å²) in [4.78, 5) is 6.65.